The molecule has 4 aromatic rings. The number of aromatic amines is 1. The number of carboxylic acids is 1. The van der Waals surface area contributed by atoms with Crippen molar-refractivity contribution in [2.45, 2.75) is 11.4 Å². The molecule has 0 saturated carbocycles. The quantitative estimate of drug-likeness (QED) is 0.240. The summed E-state index contributed by atoms with van der Waals surface area (Å²) in [6.07, 6.45) is 2.45. The maximum Gasteiger partial charge on any atom is 0.335 e. The highest BCUT2D eigenvalue weighted by Gasteiger charge is 2.22. The van der Waals surface area contributed by atoms with Gasteiger partial charge in [0.05, 0.1) is 27.4 Å². The molecule has 14 heteroatoms. The summed E-state index contributed by atoms with van der Waals surface area (Å²) in [6, 6.07) is 10.0. The molecule has 5 rings (SSSR count). The lowest BCUT2D eigenvalue weighted by Gasteiger charge is -2.18. The number of aromatic carboxylic acids is 1. The van der Waals surface area contributed by atoms with E-state index in [4.69, 9.17) is 9.84 Å². The third kappa shape index (κ3) is 4.77. The van der Waals surface area contributed by atoms with E-state index in [0.717, 1.165) is 12.4 Å². The molecule has 188 valence electrons. The Balaban J connectivity index is 1.35. The van der Waals surface area contributed by atoms with Crippen LogP contribution in [0.4, 0.5) is 11.4 Å². The summed E-state index contributed by atoms with van der Waals surface area (Å²) in [5.41, 5.74) is 1.40. The zero-order chi connectivity index (χ0) is 26.2. The lowest BCUT2D eigenvalue weighted by molar-refractivity contribution is -0.118. The van der Waals surface area contributed by atoms with Crippen molar-refractivity contribution >= 4 is 50.2 Å². The van der Waals surface area contributed by atoms with Crippen LogP contribution in [0.25, 0.3) is 11.0 Å². The van der Waals surface area contributed by atoms with Gasteiger partial charge in [0, 0.05) is 12.7 Å². The number of nitrogens with one attached hydrogen (secondary N) is 4. The first-order valence-corrected chi connectivity index (χ1v) is 12.2. The van der Waals surface area contributed by atoms with Crippen LogP contribution >= 0.6 is 0 Å². The van der Waals surface area contributed by atoms with Crippen LogP contribution in [0.15, 0.2) is 59.9 Å². The molecule has 1 aliphatic rings. The van der Waals surface area contributed by atoms with E-state index in [1.165, 1.54) is 24.4 Å². The minimum atomic E-state index is -4.16. The van der Waals surface area contributed by atoms with E-state index < -0.39 is 21.9 Å². The topological polar surface area (TPSA) is 192 Å². The monoisotopic (exact) mass is 522 g/mol. The van der Waals surface area contributed by atoms with E-state index in [0.29, 0.717) is 17.0 Å². The summed E-state index contributed by atoms with van der Waals surface area (Å²) in [6.45, 7) is 0.0589. The third-order valence-corrected chi connectivity index (χ3v) is 6.81. The second kappa shape index (κ2) is 9.23. The average molecular weight is 522 g/mol. The molecule has 3 heterocycles. The van der Waals surface area contributed by atoms with E-state index in [2.05, 4.69) is 30.3 Å². The molecule has 0 spiro atoms. The summed E-state index contributed by atoms with van der Waals surface area (Å²) < 4.78 is 33.4. The van der Waals surface area contributed by atoms with Crippen molar-refractivity contribution in [3.05, 3.63) is 71.8 Å². The highest BCUT2D eigenvalue weighted by atomic mass is 32.2. The summed E-state index contributed by atoms with van der Waals surface area (Å²) in [4.78, 5) is 46.3. The zero-order valence-corrected chi connectivity index (χ0v) is 19.6. The second-order valence-corrected chi connectivity index (χ2v) is 9.62. The number of amides is 2. The Morgan fingerprint density at radius 3 is 2.78 bits per heavy atom. The molecule has 37 heavy (non-hydrogen) atoms. The number of hydrogen-bond acceptors (Lipinski definition) is 8. The molecule has 2 amide bonds. The molecular weight excluding hydrogens is 504 g/mol. The number of carbonyl (C=O) groups is 3. The fraction of sp³-hybridized carbons (Fsp3) is 0.0870. The number of fused-ring (bicyclic) bond motifs is 2. The summed E-state index contributed by atoms with van der Waals surface area (Å²) in [5.74, 6) is -1.55. The van der Waals surface area contributed by atoms with Gasteiger partial charge in [0.25, 0.3) is 21.8 Å². The Labute approximate surface area is 208 Å². The number of anilines is 2. The number of carboxylic acid groups (broad SMARTS) is 1. The number of sulfonamides is 1. The number of ether oxygens (including phenoxy) is 1. The largest absolute Gasteiger partial charge is 0.482 e. The molecule has 0 saturated heterocycles. The van der Waals surface area contributed by atoms with Crippen LogP contribution in [0.5, 0.6) is 5.75 Å². The van der Waals surface area contributed by atoms with Gasteiger partial charge in [0.2, 0.25) is 0 Å². The van der Waals surface area contributed by atoms with E-state index in [1.54, 1.807) is 18.2 Å². The predicted octanol–water partition coefficient (Wildman–Crippen LogP) is 1.72. The smallest absolute Gasteiger partial charge is 0.335 e. The van der Waals surface area contributed by atoms with Crippen LogP contribution in [0.3, 0.4) is 0 Å². The molecule has 2 aromatic heterocycles. The highest BCUT2D eigenvalue weighted by Crippen LogP contribution is 2.29. The van der Waals surface area contributed by atoms with Crippen molar-refractivity contribution in [1.29, 1.82) is 0 Å². The van der Waals surface area contributed by atoms with Crippen LogP contribution in [0, 0.1) is 0 Å². The van der Waals surface area contributed by atoms with Crippen LogP contribution < -0.4 is 20.1 Å². The van der Waals surface area contributed by atoms with Gasteiger partial charge in [0.15, 0.2) is 12.3 Å². The van der Waals surface area contributed by atoms with Crippen molar-refractivity contribution in [2.24, 2.45) is 0 Å². The van der Waals surface area contributed by atoms with Crippen molar-refractivity contribution < 1.29 is 32.6 Å². The van der Waals surface area contributed by atoms with Gasteiger partial charge in [-0.05, 0) is 35.9 Å². The first-order valence-electron chi connectivity index (χ1n) is 10.7. The standard InChI is InChI=1S/C23H18N6O7S/c30-18-10-36-17-5-4-12(6-15(17)28-18)8-25-22(31)21-20-19(26-11-27-21)16(9-24-20)29-37(34,35)14-3-1-2-13(7-14)23(32)33/h1-7,9,11,24,29H,8,10H2,(H,25,31)(H,28,30)(H,32,33). The molecular formula is C23H18N6O7S. The van der Waals surface area contributed by atoms with Crippen LogP contribution in [-0.4, -0.2) is 52.9 Å². The number of carbonyl (C=O) groups excluding carboxylic acids is 2. The fourth-order valence-electron chi connectivity index (χ4n) is 3.70. The Hall–Kier alpha value is -4.98. The average Bonchev–Trinajstić information content (AvgIpc) is 3.29. The lowest BCUT2D eigenvalue weighted by Crippen LogP contribution is -2.26. The number of H-pyrrole nitrogens is 1. The second-order valence-electron chi connectivity index (χ2n) is 7.94. The fourth-order valence-corrected chi connectivity index (χ4v) is 4.80. The van der Waals surface area contributed by atoms with Gasteiger partial charge in [-0.1, -0.05) is 12.1 Å². The van der Waals surface area contributed by atoms with Gasteiger partial charge >= 0.3 is 5.97 Å². The first kappa shape index (κ1) is 23.7. The molecule has 0 aliphatic carbocycles. The number of hydrogen-bond donors (Lipinski definition) is 5. The molecule has 0 bridgehead atoms. The van der Waals surface area contributed by atoms with Crippen molar-refractivity contribution in [2.75, 3.05) is 16.6 Å². The third-order valence-electron chi connectivity index (χ3n) is 5.44. The van der Waals surface area contributed by atoms with E-state index in [1.807, 2.05) is 0 Å². The summed E-state index contributed by atoms with van der Waals surface area (Å²) >= 11 is 0. The van der Waals surface area contributed by atoms with E-state index in [9.17, 15) is 22.8 Å². The molecule has 0 radical (unpaired) electrons. The molecule has 0 unspecified atom stereocenters. The summed E-state index contributed by atoms with van der Waals surface area (Å²) in [7, 11) is -4.16. The zero-order valence-electron chi connectivity index (χ0n) is 18.8. The van der Waals surface area contributed by atoms with Crippen molar-refractivity contribution in [1.82, 2.24) is 20.3 Å². The number of rotatable bonds is 7. The predicted molar refractivity (Wildman–Crippen MR) is 130 cm³/mol. The molecule has 13 nitrogen and oxygen atoms in total. The molecule has 0 atom stereocenters. The Bertz CT molecular complexity index is 1680. The number of aromatic nitrogens is 3. The van der Waals surface area contributed by atoms with Crippen molar-refractivity contribution in [3.63, 3.8) is 0 Å². The van der Waals surface area contributed by atoms with Gasteiger partial charge in [-0.3, -0.25) is 14.3 Å². The van der Waals surface area contributed by atoms with Gasteiger partial charge in [-0.2, -0.15) is 0 Å². The van der Waals surface area contributed by atoms with Crippen LogP contribution in [0.2, 0.25) is 0 Å². The highest BCUT2D eigenvalue weighted by molar-refractivity contribution is 7.92. The minimum Gasteiger partial charge on any atom is -0.482 e. The van der Waals surface area contributed by atoms with Gasteiger partial charge in [-0.25, -0.2) is 23.2 Å². The Morgan fingerprint density at radius 2 is 1.97 bits per heavy atom. The Kier molecular flexibility index (Phi) is 5.93. The van der Waals surface area contributed by atoms with Crippen LogP contribution in [0.1, 0.15) is 26.4 Å². The SMILES string of the molecule is O=C1COc2ccc(CNC(=O)c3ncnc4c(NS(=O)(=O)c5cccc(C(=O)O)c5)c[nH]c34)cc2N1. The molecule has 5 N–H and O–H groups in total. The Morgan fingerprint density at radius 1 is 1.14 bits per heavy atom. The van der Waals surface area contributed by atoms with E-state index >= 15 is 0 Å². The van der Waals surface area contributed by atoms with E-state index in [-0.39, 0.29) is 51.9 Å². The van der Waals surface area contributed by atoms with Crippen LogP contribution in [-0.2, 0) is 21.4 Å². The van der Waals surface area contributed by atoms with Gasteiger partial charge < -0.3 is 25.5 Å². The lowest BCUT2D eigenvalue weighted by atomic mass is 10.1. The molecule has 2 aromatic carbocycles. The van der Waals surface area contributed by atoms with Gasteiger partial charge in [0.1, 0.15) is 17.6 Å². The summed E-state index contributed by atoms with van der Waals surface area (Å²) in [5, 5.41) is 14.6. The number of nitrogens with zero attached hydrogens (tertiary/aromatic N) is 2. The normalized spacial score (nSPS) is 12.8. The maximum absolute atomic E-state index is 12.9. The minimum absolute atomic E-state index is 0.0158. The first-order chi connectivity index (χ1) is 17.7. The van der Waals surface area contributed by atoms with Gasteiger partial charge in [-0.15, -0.1) is 0 Å². The maximum atomic E-state index is 12.9. The number of benzene rings is 2. The van der Waals surface area contributed by atoms with Crippen molar-refractivity contribution in [3.8, 4) is 5.75 Å². The molecule has 1 aliphatic heterocycles. The molecule has 0 fully saturated rings.